The second-order valence-corrected chi connectivity index (χ2v) is 8.33. The fourth-order valence-corrected chi connectivity index (χ4v) is 4.17. The largest absolute Gasteiger partial charge is 0.294 e. The van der Waals surface area contributed by atoms with Crippen LogP contribution in [0.4, 0.5) is 10.2 Å². The summed E-state index contributed by atoms with van der Waals surface area (Å²) in [5.41, 5.74) is 0.718. The van der Waals surface area contributed by atoms with Gasteiger partial charge in [0.05, 0.1) is 12.3 Å². The van der Waals surface area contributed by atoms with E-state index >= 15 is 0 Å². The third kappa shape index (κ3) is 5.01. The van der Waals surface area contributed by atoms with Crippen LogP contribution in [0.15, 0.2) is 70.2 Å². The van der Waals surface area contributed by atoms with Gasteiger partial charge in [0.2, 0.25) is 10.0 Å². The second-order valence-electron chi connectivity index (χ2n) is 5.82. The maximum atomic E-state index is 13.3. The highest BCUT2D eigenvalue weighted by Crippen LogP contribution is 2.18. The Balaban J connectivity index is 1.81. The molecule has 0 amide bonds. The lowest BCUT2D eigenvalue weighted by molar-refractivity contribution is 0.600. The Bertz CT molecular complexity index is 1120. The van der Waals surface area contributed by atoms with Crippen molar-refractivity contribution in [3.05, 3.63) is 92.7 Å². The molecule has 0 aliphatic carbocycles. The van der Waals surface area contributed by atoms with E-state index in [2.05, 4.69) is 25.6 Å². The SMILES string of the molecule is O=c1c(Br)c(NS(=O)(=O)Cc2ccccc2)ncn1Cc1cccc(F)c1. The van der Waals surface area contributed by atoms with E-state index < -0.39 is 21.4 Å². The molecule has 140 valence electrons. The lowest BCUT2D eigenvalue weighted by Gasteiger charge is -2.11. The number of hydrogen-bond acceptors (Lipinski definition) is 4. The first-order valence-electron chi connectivity index (χ1n) is 7.88. The first-order valence-corrected chi connectivity index (χ1v) is 10.3. The molecular weight excluding hydrogens is 437 g/mol. The van der Waals surface area contributed by atoms with Gasteiger partial charge in [0.15, 0.2) is 5.82 Å². The fourth-order valence-electron chi connectivity index (χ4n) is 2.46. The van der Waals surface area contributed by atoms with Gasteiger partial charge in [0, 0.05) is 0 Å². The Morgan fingerprint density at radius 3 is 2.48 bits per heavy atom. The molecular formula is C18H15BrFN3O3S. The summed E-state index contributed by atoms with van der Waals surface area (Å²) in [5, 5.41) is 0. The van der Waals surface area contributed by atoms with Crippen LogP contribution in [0.3, 0.4) is 0 Å². The molecule has 0 fully saturated rings. The van der Waals surface area contributed by atoms with E-state index in [1.807, 2.05) is 0 Å². The second kappa shape index (κ2) is 8.01. The van der Waals surface area contributed by atoms with Gasteiger partial charge in [0.1, 0.15) is 16.6 Å². The highest BCUT2D eigenvalue weighted by molar-refractivity contribution is 9.10. The van der Waals surface area contributed by atoms with Gasteiger partial charge in [-0.3, -0.25) is 14.1 Å². The lowest BCUT2D eigenvalue weighted by atomic mass is 10.2. The lowest BCUT2D eigenvalue weighted by Crippen LogP contribution is -2.25. The smallest absolute Gasteiger partial charge is 0.270 e. The molecule has 0 bridgehead atoms. The topological polar surface area (TPSA) is 81.1 Å². The maximum absolute atomic E-state index is 13.3. The quantitative estimate of drug-likeness (QED) is 0.623. The van der Waals surface area contributed by atoms with Crippen LogP contribution in [-0.2, 0) is 22.3 Å². The predicted molar refractivity (Wildman–Crippen MR) is 104 cm³/mol. The number of benzene rings is 2. The molecule has 0 aliphatic heterocycles. The minimum absolute atomic E-state index is 0.0157. The fraction of sp³-hybridized carbons (Fsp3) is 0.111. The van der Waals surface area contributed by atoms with Crippen molar-refractivity contribution in [2.24, 2.45) is 0 Å². The van der Waals surface area contributed by atoms with Crippen LogP contribution in [0.2, 0.25) is 0 Å². The van der Waals surface area contributed by atoms with Gasteiger partial charge < -0.3 is 0 Å². The van der Waals surface area contributed by atoms with Gasteiger partial charge in [-0.25, -0.2) is 17.8 Å². The van der Waals surface area contributed by atoms with Crippen molar-refractivity contribution >= 4 is 31.8 Å². The van der Waals surface area contributed by atoms with Crippen LogP contribution in [-0.4, -0.2) is 18.0 Å². The van der Waals surface area contributed by atoms with Crippen LogP contribution < -0.4 is 10.3 Å². The zero-order valence-corrected chi connectivity index (χ0v) is 16.4. The van der Waals surface area contributed by atoms with Gasteiger partial charge in [-0.05, 0) is 39.2 Å². The van der Waals surface area contributed by atoms with Crippen LogP contribution in [0, 0.1) is 5.82 Å². The van der Waals surface area contributed by atoms with Crippen LogP contribution in [0.1, 0.15) is 11.1 Å². The Kier molecular flexibility index (Phi) is 5.71. The molecule has 1 heterocycles. The van der Waals surface area contributed by atoms with E-state index in [9.17, 15) is 17.6 Å². The predicted octanol–water partition coefficient (Wildman–Crippen LogP) is 3.14. The highest BCUT2D eigenvalue weighted by atomic mass is 79.9. The molecule has 0 unspecified atom stereocenters. The third-order valence-electron chi connectivity index (χ3n) is 3.68. The van der Waals surface area contributed by atoms with Crippen molar-refractivity contribution in [1.82, 2.24) is 9.55 Å². The number of nitrogens with zero attached hydrogens (tertiary/aromatic N) is 2. The van der Waals surface area contributed by atoms with E-state index in [1.54, 1.807) is 42.5 Å². The van der Waals surface area contributed by atoms with Crippen molar-refractivity contribution in [1.29, 1.82) is 0 Å². The van der Waals surface area contributed by atoms with E-state index in [0.29, 0.717) is 11.1 Å². The number of rotatable bonds is 6. The molecule has 0 atom stereocenters. The van der Waals surface area contributed by atoms with Gasteiger partial charge in [-0.2, -0.15) is 0 Å². The van der Waals surface area contributed by atoms with Crippen LogP contribution >= 0.6 is 15.9 Å². The van der Waals surface area contributed by atoms with Crippen molar-refractivity contribution in [3.8, 4) is 0 Å². The molecule has 0 aliphatic rings. The number of halogens is 2. The van der Waals surface area contributed by atoms with Crippen LogP contribution in [0.25, 0.3) is 0 Å². The summed E-state index contributed by atoms with van der Waals surface area (Å²) in [5.74, 6) is -0.738. The molecule has 1 N–H and O–H groups in total. The Labute approximate surface area is 163 Å². The highest BCUT2D eigenvalue weighted by Gasteiger charge is 2.17. The average Bonchev–Trinajstić information content (AvgIpc) is 2.62. The summed E-state index contributed by atoms with van der Waals surface area (Å²) in [7, 11) is -3.74. The molecule has 2 aromatic carbocycles. The summed E-state index contributed by atoms with van der Waals surface area (Å²) < 4.78 is 41.5. The summed E-state index contributed by atoms with van der Waals surface area (Å²) in [6.45, 7) is 0.110. The summed E-state index contributed by atoms with van der Waals surface area (Å²) in [6.07, 6.45) is 1.22. The van der Waals surface area contributed by atoms with Crippen LogP contribution in [0.5, 0.6) is 0 Å². The number of anilines is 1. The molecule has 1 aromatic heterocycles. The number of sulfonamides is 1. The molecule has 9 heteroatoms. The molecule has 0 spiro atoms. The Morgan fingerprint density at radius 1 is 1.07 bits per heavy atom. The molecule has 6 nitrogen and oxygen atoms in total. The minimum atomic E-state index is -3.74. The minimum Gasteiger partial charge on any atom is -0.294 e. The third-order valence-corrected chi connectivity index (χ3v) is 5.61. The van der Waals surface area contributed by atoms with Crippen molar-refractivity contribution in [2.75, 3.05) is 4.72 Å². The average molecular weight is 452 g/mol. The van der Waals surface area contributed by atoms with Gasteiger partial charge >= 0.3 is 0 Å². The molecule has 0 saturated heterocycles. The first kappa shape index (κ1) is 19.2. The van der Waals surface area contributed by atoms with Crippen molar-refractivity contribution in [3.63, 3.8) is 0 Å². The first-order chi connectivity index (χ1) is 12.8. The van der Waals surface area contributed by atoms with Gasteiger partial charge in [-0.1, -0.05) is 42.5 Å². The summed E-state index contributed by atoms with van der Waals surface area (Å²) in [6, 6.07) is 14.5. The number of hydrogen-bond donors (Lipinski definition) is 1. The van der Waals surface area contributed by atoms with Crippen molar-refractivity contribution < 1.29 is 12.8 Å². The maximum Gasteiger partial charge on any atom is 0.270 e. The normalized spacial score (nSPS) is 11.3. The van der Waals surface area contributed by atoms with E-state index in [4.69, 9.17) is 0 Å². The van der Waals surface area contributed by atoms with Gasteiger partial charge in [0.25, 0.3) is 5.56 Å². The Hall–Kier alpha value is -2.52. The van der Waals surface area contributed by atoms with Gasteiger partial charge in [-0.15, -0.1) is 0 Å². The monoisotopic (exact) mass is 451 g/mol. The Morgan fingerprint density at radius 2 is 1.78 bits per heavy atom. The standard InChI is InChI=1S/C18H15BrFN3O3S/c19-16-17(22-27(25,26)11-13-5-2-1-3-6-13)21-12-23(18(16)24)10-14-7-4-8-15(20)9-14/h1-9,12,22H,10-11H2. The molecule has 0 saturated carbocycles. The molecule has 27 heavy (non-hydrogen) atoms. The molecule has 3 aromatic rings. The van der Waals surface area contributed by atoms with Crippen molar-refractivity contribution in [2.45, 2.75) is 12.3 Å². The van der Waals surface area contributed by atoms with E-state index in [0.717, 1.165) is 0 Å². The number of aromatic nitrogens is 2. The molecule has 3 rings (SSSR count). The summed E-state index contributed by atoms with van der Waals surface area (Å²) in [4.78, 5) is 16.5. The van der Waals surface area contributed by atoms with E-state index in [1.165, 1.54) is 23.0 Å². The molecule has 0 radical (unpaired) electrons. The number of nitrogens with one attached hydrogen (secondary N) is 1. The van der Waals surface area contributed by atoms with E-state index in [-0.39, 0.29) is 22.6 Å². The summed E-state index contributed by atoms with van der Waals surface area (Å²) >= 11 is 3.10. The zero-order valence-electron chi connectivity index (χ0n) is 14.0. The zero-order chi connectivity index (χ0) is 19.4.